The van der Waals surface area contributed by atoms with E-state index < -0.39 is 17.5 Å². The van der Waals surface area contributed by atoms with Crippen LogP contribution in [-0.4, -0.2) is 28.8 Å². The fourth-order valence-corrected chi connectivity index (χ4v) is 2.63. The molecular formula is C18H26ClFN4O2. The normalized spacial score (nSPS) is 13.5. The number of rotatable bonds is 7. The van der Waals surface area contributed by atoms with Gasteiger partial charge in [-0.05, 0) is 39.7 Å². The highest BCUT2D eigenvalue weighted by atomic mass is 35.5. The van der Waals surface area contributed by atoms with Gasteiger partial charge in [0, 0.05) is 6.04 Å². The predicted molar refractivity (Wildman–Crippen MR) is 99.7 cm³/mol. The fraction of sp³-hybridized carbons (Fsp3) is 0.611. The number of hydrogen-bond acceptors (Lipinski definition) is 5. The van der Waals surface area contributed by atoms with Crippen LogP contribution in [0.25, 0.3) is 0 Å². The number of alkyl carbamates (subject to hydrolysis) is 1. The molecule has 6 nitrogen and oxygen atoms in total. The van der Waals surface area contributed by atoms with E-state index in [-0.39, 0.29) is 28.6 Å². The summed E-state index contributed by atoms with van der Waals surface area (Å²) < 4.78 is 19.5. The summed E-state index contributed by atoms with van der Waals surface area (Å²) in [4.78, 5) is 16.0. The van der Waals surface area contributed by atoms with Gasteiger partial charge >= 0.3 is 6.09 Å². The third-order valence-corrected chi connectivity index (χ3v) is 3.89. The molecule has 0 saturated carbocycles. The van der Waals surface area contributed by atoms with E-state index in [0.29, 0.717) is 12.8 Å². The second kappa shape index (κ2) is 9.58. The molecular weight excluding hydrogens is 359 g/mol. The quantitative estimate of drug-likeness (QED) is 0.669. The van der Waals surface area contributed by atoms with Gasteiger partial charge in [-0.3, -0.25) is 0 Å². The van der Waals surface area contributed by atoms with Crippen molar-refractivity contribution >= 4 is 23.5 Å². The molecule has 1 aromatic rings. The largest absolute Gasteiger partial charge is 0.444 e. The Morgan fingerprint density at radius 3 is 2.58 bits per heavy atom. The molecule has 0 unspecified atom stereocenters. The monoisotopic (exact) mass is 384 g/mol. The Bertz CT molecular complexity index is 670. The van der Waals surface area contributed by atoms with E-state index in [1.165, 1.54) is 0 Å². The summed E-state index contributed by atoms with van der Waals surface area (Å²) >= 11 is 5.90. The first kappa shape index (κ1) is 22.0. The fourth-order valence-electron chi connectivity index (χ4n) is 2.45. The number of aromatic nitrogens is 1. The number of carbonyl (C=O) groups is 1. The summed E-state index contributed by atoms with van der Waals surface area (Å²) in [6.45, 7) is 9.26. The van der Waals surface area contributed by atoms with E-state index in [0.717, 1.165) is 12.5 Å². The summed E-state index contributed by atoms with van der Waals surface area (Å²) in [6.07, 6.45) is 1.57. The lowest BCUT2D eigenvalue weighted by molar-refractivity contribution is 0.0496. The number of halogens is 2. The second-order valence-corrected chi connectivity index (χ2v) is 7.33. The Balaban J connectivity index is 2.97. The van der Waals surface area contributed by atoms with Crippen molar-refractivity contribution in [1.82, 2.24) is 10.3 Å². The van der Waals surface area contributed by atoms with Gasteiger partial charge in [-0.15, -0.1) is 0 Å². The Kier molecular flexibility index (Phi) is 8.09. The van der Waals surface area contributed by atoms with Gasteiger partial charge in [0.2, 0.25) is 0 Å². The minimum absolute atomic E-state index is 0.0271. The molecule has 26 heavy (non-hydrogen) atoms. The Labute approximate surface area is 159 Å². The predicted octanol–water partition coefficient (Wildman–Crippen LogP) is 4.63. The van der Waals surface area contributed by atoms with Crippen molar-refractivity contribution in [2.45, 2.75) is 71.6 Å². The number of nitriles is 1. The van der Waals surface area contributed by atoms with Crippen molar-refractivity contribution < 1.29 is 13.9 Å². The van der Waals surface area contributed by atoms with Crippen molar-refractivity contribution in [3.8, 4) is 6.07 Å². The third-order valence-electron chi connectivity index (χ3n) is 3.60. The lowest BCUT2D eigenvalue weighted by atomic mass is 10.0. The molecule has 8 heteroatoms. The number of carbonyl (C=O) groups excluding carboxylic acids is 1. The van der Waals surface area contributed by atoms with Crippen LogP contribution in [0.15, 0.2) is 6.07 Å². The Hall–Kier alpha value is -2.07. The van der Waals surface area contributed by atoms with Crippen LogP contribution in [0.5, 0.6) is 0 Å². The molecule has 0 fully saturated rings. The molecule has 1 heterocycles. The van der Waals surface area contributed by atoms with Crippen LogP contribution >= 0.6 is 11.6 Å². The summed E-state index contributed by atoms with van der Waals surface area (Å²) in [5.74, 6) is -0.712. The van der Waals surface area contributed by atoms with Crippen LogP contribution in [0.3, 0.4) is 0 Å². The Morgan fingerprint density at radius 1 is 1.42 bits per heavy atom. The molecule has 2 N–H and O–H groups in total. The lowest BCUT2D eigenvalue weighted by Gasteiger charge is -2.30. The number of anilines is 1. The molecule has 144 valence electrons. The highest BCUT2D eigenvalue weighted by molar-refractivity contribution is 6.30. The highest BCUT2D eigenvalue weighted by Crippen LogP contribution is 2.22. The average Bonchev–Trinajstić information content (AvgIpc) is 2.53. The highest BCUT2D eigenvalue weighted by Gasteiger charge is 2.25. The van der Waals surface area contributed by atoms with Gasteiger partial charge in [0.15, 0.2) is 11.6 Å². The van der Waals surface area contributed by atoms with Crippen LogP contribution in [-0.2, 0) is 4.74 Å². The van der Waals surface area contributed by atoms with E-state index in [1.54, 1.807) is 26.8 Å². The number of nitrogens with zero attached hydrogens (tertiary/aromatic N) is 2. The molecule has 2 atom stereocenters. The number of hydrogen-bond donors (Lipinski definition) is 2. The van der Waals surface area contributed by atoms with Crippen LogP contribution in [0.2, 0.25) is 5.15 Å². The molecule has 0 spiro atoms. The van der Waals surface area contributed by atoms with Crippen LogP contribution in [0, 0.1) is 17.1 Å². The van der Waals surface area contributed by atoms with Crippen molar-refractivity contribution in [2.75, 3.05) is 5.32 Å². The molecule has 0 bridgehead atoms. The van der Waals surface area contributed by atoms with Gasteiger partial charge in [-0.25, -0.2) is 14.2 Å². The summed E-state index contributed by atoms with van der Waals surface area (Å²) in [5, 5.41) is 14.7. The minimum atomic E-state index is -0.667. The van der Waals surface area contributed by atoms with Crippen molar-refractivity contribution in [2.24, 2.45) is 0 Å². The molecule has 0 aliphatic carbocycles. The average molecular weight is 385 g/mol. The Morgan fingerprint density at radius 2 is 2.08 bits per heavy atom. The first-order valence-corrected chi connectivity index (χ1v) is 9.01. The van der Waals surface area contributed by atoms with Gasteiger partial charge < -0.3 is 15.4 Å². The maximum absolute atomic E-state index is 14.2. The molecule has 0 radical (unpaired) electrons. The van der Waals surface area contributed by atoms with E-state index in [9.17, 15) is 9.18 Å². The third kappa shape index (κ3) is 6.68. The summed E-state index contributed by atoms with van der Waals surface area (Å²) in [7, 11) is 0. The number of amides is 1. The van der Waals surface area contributed by atoms with Crippen molar-refractivity contribution in [1.29, 1.82) is 5.26 Å². The van der Waals surface area contributed by atoms with Crippen LogP contribution < -0.4 is 10.6 Å². The maximum atomic E-state index is 14.2. The lowest BCUT2D eigenvalue weighted by Crippen LogP contribution is -2.48. The van der Waals surface area contributed by atoms with Gasteiger partial charge in [-0.1, -0.05) is 31.9 Å². The zero-order valence-electron chi connectivity index (χ0n) is 15.8. The van der Waals surface area contributed by atoms with Crippen LogP contribution in [0.1, 0.15) is 59.4 Å². The standard InChI is InChI=1S/C18H26ClFN4O2/c1-6-8-14(13(7-2)23-17(25)26-18(3,4)5)22-16-12(20)9-11(10-21)15(19)24-16/h9,13-14H,6-8H2,1-5H3,(H,22,24)(H,23,25)/t13-,14+/m0/s1. The summed E-state index contributed by atoms with van der Waals surface area (Å²) in [5.41, 5.74) is -0.634. The van der Waals surface area contributed by atoms with Gasteiger partial charge in [0.25, 0.3) is 0 Å². The van der Waals surface area contributed by atoms with Crippen LogP contribution in [0.4, 0.5) is 15.0 Å². The zero-order valence-corrected chi connectivity index (χ0v) is 16.6. The molecule has 0 saturated heterocycles. The van der Waals surface area contributed by atoms with Crippen molar-refractivity contribution in [3.63, 3.8) is 0 Å². The van der Waals surface area contributed by atoms with E-state index >= 15 is 0 Å². The topological polar surface area (TPSA) is 87.0 Å². The molecule has 1 aromatic heterocycles. The smallest absolute Gasteiger partial charge is 0.407 e. The maximum Gasteiger partial charge on any atom is 0.407 e. The minimum Gasteiger partial charge on any atom is -0.444 e. The number of nitrogens with one attached hydrogen (secondary N) is 2. The molecule has 1 rings (SSSR count). The zero-order chi connectivity index (χ0) is 19.9. The van der Waals surface area contributed by atoms with E-state index in [4.69, 9.17) is 21.6 Å². The first-order chi connectivity index (χ1) is 12.1. The van der Waals surface area contributed by atoms with Gasteiger partial charge in [0.1, 0.15) is 16.8 Å². The molecule has 0 aliphatic heterocycles. The first-order valence-electron chi connectivity index (χ1n) is 8.63. The second-order valence-electron chi connectivity index (χ2n) is 6.97. The number of ether oxygens (including phenoxy) is 1. The summed E-state index contributed by atoms with van der Waals surface area (Å²) in [6, 6.07) is 2.27. The number of pyridine rings is 1. The van der Waals surface area contributed by atoms with E-state index in [1.807, 2.05) is 13.8 Å². The molecule has 0 aliphatic rings. The van der Waals surface area contributed by atoms with Crippen molar-refractivity contribution in [3.05, 3.63) is 22.6 Å². The van der Waals surface area contributed by atoms with E-state index in [2.05, 4.69) is 15.6 Å². The van der Waals surface area contributed by atoms with Gasteiger partial charge in [-0.2, -0.15) is 5.26 Å². The SMILES string of the molecule is CCC[C@@H](Nc1nc(Cl)c(C#N)cc1F)[C@H](CC)NC(=O)OC(C)(C)C. The molecule has 0 aromatic carbocycles. The molecule has 1 amide bonds. The van der Waals surface area contributed by atoms with Gasteiger partial charge in [0.05, 0.1) is 11.6 Å².